The normalized spacial score (nSPS) is 10.6. The Morgan fingerprint density at radius 3 is 2.57 bits per heavy atom. The lowest BCUT2D eigenvalue weighted by Gasteiger charge is -2.07. The molecule has 0 aliphatic rings. The van der Waals surface area contributed by atoms with E-state index in [0.717, 1.165) is 32.4 Å². The van der Waals surface area contributed by atoms with E-state index in [1.54, 1.807) is 0 Å². The van der Waals surface area contributed by atoms with E-state index >= 15 is 0 Å². The molecule has 0 bridgehead atoms. The van der Waals surface area contributed by atoms with Crippen LogP contribution in [0.25, 0.3) is 0 Å². The first-order valence-corrected chi connectivity index (χ1v) is 5.64. The van der Waals surface area contributed by atoms with Gasteiger partial charge in [0.2, 0.25) is 5.91 Å². The zero-order valence-electron chi connectivity index (χ0n) is 9.73. The third-order valence-electron chi connectivity index (χ3n) is 2.04. The van der Waals surface area contributed by atoms with Crippen molar-refractivity contribution in [3.05, 3.63) is 0 Å². The Kier molecular flexibility index (Phi) is 8.64. The van der Waals surface area contributed by atoms with Gasteiger partial charge in [-0.3, -0.25) is 4.79 Å². The van der Waals surface area contributed by atoms with Gasteiger partial charge in [-0.15, -0.1) is 0 Å². The predicted molar refractivity (Wildman–Crippen MR) is 60.2 cm³/mol. The summed E-state index contributed by atoms with van der Waals surface area (Å²) in [6.07, 6.45) is 3.32. The molecule has 1 amide bonds. The maximum atomic E-state index is 11.2. The molecule has 0 aromatic heterocycles. The summed E-state index contributed by atoms with van der Waals surface area (Å²) in [6, 6.07) is 0. The molecule has 0 radical (unpaired) electrons. The van der Waals surface area contributed by atoms with Crippen molar-refractivity contribution >= 4 is 5.91 Å². The molecule has 0 unspecified atom stereocenters. The monoisotopic (exact) mass is 200 g/mol. The third-order valence-corrected chi connectivity index (χ3v) is 2.04. The summed E-state index contributed by atoms with van der Waals surface area (Å²) in [5.41, 5.74) is 0. The molecule has 0 heterocycles. The second kappa shape index (κ2) is 9.00. The Morgan fingerprint density at radius 1 is 1.29 bits per heavy atom. The van der Waals surface area contributed by atoms with Crippen molar-refractivity contribution in [3.8, 4) is 0 Å². The number of carbonyl (C=O) groups excluding carboxylic acids is 1. The lowest BCUT2D eigenvalue weighted by Crippen LogP contribution is -2.34. The van der Waals surface area contributed by atoms with Gasteiger partial charge in [0.15, 0.2) is 0 Å². The van der Waals surface area contributed by atoms with Crippen LogP contribution < -0.4 is 10.6 Å². The Morgan fingerprint density at radius 2 is 2.00 bits per heavy atom. The molecule has 0 rings (SSSR count). The molecule has 0 spiro atoms. The number of amides is 1. The molecule has 84 valence electrons. The van der Waals surface area contributed by atoms with E-state index in [0.29, 0.717) is 12.5 Å². The summed E-state index contributed by atoms with van der Waals surface area (Å²) >= 11 is 0. The highest BCUT2D eigenvalue weighted by atomic mass is 16.1. The van der Waals surface area contributed by atoms with Gasteiger partial charge in [0, 0.05) is 6.54 Å². The summed E-state index contributed by atoms with van der Waals surface area (Å²) in [5.74, 6) is 0.813. The van der Waals surface area contributed by atoms with Gasteiger partial charge in [0.05, 0.1) is 6.54 Å². The van der Waals surface area contributed by atoms with Crippen molar-refractivity contribution in [3.63, 3.8) is 0 Å². The van der Waals surface area contributed by atoms with Crippen LogP contribution in [0.2, 0.25) is 0 Å². The van der Waals surface area contributed by atoms with E-state index in [-0.39, 0.29) is 5.91 Å². The first kappa shape index (κ1) is 13.4. The summed E-state index contributed by atoms with van der Waals surface area (Å²) in [6.45, 7) is 8.68. The van der Waals surface area contributed by atoms with Gasteiger partial charge in [-0.1, -0.05) is 27.2 Å². The standard InChI is InChI=1S/C11H24N2O/c1-4-5-7-13-11(14)9-12-8-6-10(2)3/h10,12H,4-9H2,1-3H3,(H,13,14). The quantitative estimate of drug-likeness (QED) is 0.584. The van der Waals surface area contributed by atoms with Crippen LogP contribution in [-0.4, -0.2) is 25.5 Å². The maximum Gasteiger partial charge on any atom is 0.233 e. The minimum absolute atomic E-state index is 0.113. The lowest BCUT2D eigenvalue weighted by molar-refractivity contribution is -0.120. The molecule has 3 nitrogen and oxygen atoms in total. The fourth-order valence-electron chi connectivity index (χ4n) is 1.06. The number of carbonyl (C=O) groups is 1. The van der Waals surface area contributed by atoms with Crippen molar-refractivity contribution in [1.29, 1.82) is 0 Å². The SMILES string of the molecule is CCCCNC(=O)CNCCC(C)C. The fraction of sp³-hybridized carbons (Fsp3) is 0.909. The average molecular weight is 200 g/mol. The molecule has 0 aliphatic carbocycles. The molecule has 2 N–H and O–H groups in total. The number of hydrogen-bond acceptors (Lipinski definition) is 2. The van der Waals surface area contributed by atoms with E-state index in [9.17, 15) is 4.79 Å². The highest BCUT2D eigenvalue weighted by molar-refractivity contribution is 5.77. The van der Waals surface area contributed by atoms with Crippen LogP contribution in [0.3, 0.4) is 0 Å². The van der Waals surface area contributed by atoms with Gasteiger partial charge >= 0.3 is 0 Å². The van der Waals surface area contributed by atoms with Crippen LogP contribution >= 0.6 is 0 Å². The van der Waals surface area contributed by atoms with E-state index in [4.69, 9.17) is 0 Å². The van der Waals surface area contributed by atoms with Crippen molar-refractivity contribution in [2.24, 2.45) is 5.92 Å². The van der Waals surface area contributed by atoms with E-state index in [1.807, 2.05) is 0 Å². The summed E-state index contributed by atoms with van der Waals surface area (Å²) in [7, 11) is 0. The van der Waals surface area contributed by atoms with Crippen molar-refractivity contribution < 1.29 is 4.79 Å². The minimum atomic E-state index is 0.113. The first-order chi connectivity index (χ1) is 6.66. The van der Waals surface area contributed by atoms with Gasteiger partial charge < -0.3 is 10.6 Å². The molecular weight excluding hydrogens is 176 g/mol. The minimum Gasteiger partial charge on any atom is -0.355 e. The molecule has 0 aliphatic heterocycles. The van der Waals surface area contributed by atoms with Gasteiger partial charge in [-0.2, -0.15) is 0 Å². The molecule has 0 aromatic rings. The van der Waals surface area contributed by atoms with Crippen LogP contribution in [0.15, 0.2) is 0 Å². The maximum absolute atomic E-state index is 11.2. The van der Waals surface area contributed by atoms with Crippen LogP contribution in [-0.2, 0) is 4.79 Å². The largest absolute Gasteiger partial charge is 0.355 e. The Hall–Kier alpha value is -0.570. The zero-order valence-corrected chi connectivity index (χ0v) is 9.73. The Bertz CT molecular complexity index is 146. The second-order valence-electron chi connectivity index (χ2n) is 4.06. The summed E-state index contributed by atoms with van der Waals surface area (Å²) in [4.78, 5) is 11.2. The van der Waals surface area contributed by atoms with Crippen LogP contribution in [0.1, 0.15) is 40.0 Å². The van der Waals surface area contributed by atoms with Gasteiger partial charge in [0.25, 0.3) is 0 Å². The van der Waals surface area contributed by atoms with E-state index in [2.05, 4.69) is 31.4 Å². The summed E-state index contributed by atoms with van der Waals surface area (Å²) < 4.78 is 0. The van der Waals surface area contributed by atoms with Crippen molar-refractivity contribution in [2.75, 3.05) is 19.6 Å². The van der Waals surface area contributed by atoms with Crippen LogP contribution in [0.5, 0.6) is 0 Å². The Labute approximate surface area is 87.6 Å². The first-order valence-electron chi connectivity index (χ1n) is 5.64. The molecule has 0 atom stereocenters. The van der Waals surface area contributed by atoms with Gasteiger partial charge in [0.1, 0.15) is 0 Å². The Balaban J connectivity index is 3.18. The topological polar surface area (TPSA) is 41.1 Å². The smallest absolute Gasteiger partial charge is 0.233 e. The zero-order chi connectivity index (χ0) is 10.8. The fourth-order valence-corrected chi connectivity index (χ4v) is 1.06. The van der Waals surface area contributed by atoms with Crippen LogP contribution in [0.4, 0.5) is 0 Å². The van der Waals surface area contributed by atoms with Crippen molar-refractivity contribution in [1.82, 2.24) is 10.6 Å². The van der Waals surface area contributed by atoms with Gasteiger partial charge in [-0.25, -0.2) is 0 Å². The number of unbranched alkanes of at least 4 members (excludes halogenated alkanes) is 1. The molecule has 0 fully saturated rings. The van der Waals surface area contributed by atoms with E-state index in [1.165, 1.54) is 0 Å². The molecular formula is C11H24N2O. The van der Waals surface area contributed by atoms with Gasteiger partial charge in [-0.05, 0) is 25.3 Å². The number of rotatable bonds is 8. The third kappa shape index (κ3) is 9.52. The summed E-state index contributed by atoms with van der Waals surface area (Å²) in [5, 5.41) is 6.00. The molecule has 0 aromatic carbocycles. The lowest BCUT2D eigenvalue weighted by atomic mass is 10.1. The second-order valence-corrected chi connectivity index (χ2v) is 4.06. The molecule has 14 heavy (non-hydrogen) atoms. The molecule has 0 saturated heterocycles. The predicted octanol–water partition coefficient (Wildman–Crippen LogP) is 1.54. The molecule has 3 heteroatoms. The number of nitrogens with one attached hydrogen (secondary N) is 2. The highest BCUT2D eigenvalue weighted by Crippen LogP contribution is 1.95. The van der Waals surface area contributed by atoms with Crippen molar-refractivity contribution in [2.45, 2.75) is 40.0 Å². The van der Waals surface area contributed by atoms with Crippen LogP contribution in [0, 0.1) is 5.92 Å². The molecule has 0 saturated carbocycles. The highest BCUT2D eigenvalue weighted by Gasteiger charge is 1.99. The van der Waals surface area contributed by atoms with E-state index < -0.39 is 0 Å². The number of hydrogen-bond donors (Lipinski definition) is 2. The average Bonchev–Trinajstić information content (AvgIpc) is 2.13.